The molecule has 1 aliphatic rings. The molecule has 8 nitrogen and oxygen atoms in total. The summed E-state index contributed by atoms with van der Waals surface area (Å²) in [6.45, 7) is 0.581. The van der Waals surface area contributed by atoms with E-state index in [2.05, 4.69) is 10.2 Å². The molecule has 0 heterocycles. The Kier molecular flexibility index (Phi) is 8.41. The number of nitrogens with two attached hydrogens (primary N) is 1. The van der Waals surface area contributed by atoms with Crippen molar-refractivity contribution in [3.63, 3.8) is 0 Å². The van der Waals surface area contributed by atoms with Crippen molar-refractivity contribution in [2.24, 2.45) is 5.73 Å². The van der Waals surface area contributed by atoms with Gasteiger partial charge in [-0.25, -0.2) is 0 Å². The maximum Gasteiger partial charge on any atom is 0.255 e. The molecule has 0 bridgehead atoms. The van der Waals surface area contributed by atoms with Crippen LogP contribution < -0.4 is 30.0 Å². The fourth-order valence-corrected chi connectivity index (χ4v) is 4.42. The number of hydrogen-bond donors (Lipinski definition) is 2. The molecule has 2 atom stereocenters. The maximum absolute atomic E-state index is 13.4. The molecule has 0 unspecified atom stereocenters. The van der Waals surface area contributed by atoms with E-state index in [1.807, 2.05) is 38.4 Å². The van der Waals surface area contributed by atoms with E-state index in [-0.39, 0.29) is 11.9 Å². The van der Waals surface area contributed by atoms with Gasteiger partial charge in [-0.3, -0.25) is 4.79 Å². The van der Waals surface area contributed by atoms with Crippen LogP contribution in [0.2, 0.25) is 0 Å². The molecule has 0 spiro atoms. The largest absolute Gasteiger partial charge is 0.492 e. The number of carbonyl (C=O) groups excluding carboxylic acids is 1. The second-order valence-electron chi connectivity index (χ2n) is 8.35. The Morgan fingerprint density at radius 1 is 1.03 bits per heavy atom. The minimum atomic E-state index is -0.241. The minimum Gasteiger partial charge on any atom is -0.492 e. The van der Waals surface area contributed by atoms with Gasteiger partial charge < -0.3 is 34.9 Å². The molecule has 3 rings (SSSR count). The Morgan fingerprint density at radius 3 is 2.27 bits per heavy atom. The SMILES string of the molecule is COc1c(Oc2ccc(CCN)cc2)cc(C(=O)N[C@@H]2CCC[C@H]2N(C)C)c(OC)c1OC. The van der Waals surface area contributed by atoms with Crippen molar-refractivity contribution in [3.8, 4) is 28.7 Å². The summed E-state index contributed by atoms with van der Waals surface area (Å²) in [6, 6.07) is 9.65. The minimum absolute atomic E-state index is 0.0600. The van der Waals surface area contributed by atoms with Crippen LogP contribution in [0.15, 0.2) is 30.3 Å². The number of hydrogen-bond acceptors (Lipinski definition) is 7. The van der Waals surface area contributed by atoms with Gasteiger partial charge in [0.15, 0.2) is 11.5 Å². The first-order valence-corrected chi connectivity index (χ1v) is 11.2. The first kappa shape index (κ1) is 24.7. The summed E-state index contributed by atoms with van der Waals surface area (Å²) in [5.41, 5.74) is 7.08. The molecule has 3 N–H and O–H groups in total. The van der Waals surface area contributed by atoms with Crippen molar-refractivity contribution in [2.45, 2.75) is 37.8 Å². The number of nitrogens with one attached hydrogen (secondary N) is 1. The number of methoxy groups -OCH3 is 3. The molecule has 0 saturated heterocycles. The van der Waals surface area contributed by atoms with Crippen LogP contribution in [0, 0.1) is 0 Å². The van der Waals surface area contributed by atoms with Crippen LogP contribution >= 0.6 is 0 Å². The molecule has 33 heavy (non-hydrogen) atoms. The third kappa shape index (κ3) is 5.51. The summed E-state index contributed by atoms with van der Waals surface area (Å²) < 4.78 is 22.8. The lowest BCUT2D eigenvalue weighted by atomic mass is 10.1. The highest BCUT2D eigenvalue weighted by molar-refractivity contribution is 5.99. The summed E-state index contributed by atoms with van der Waals surface area (Å²) in [5.74, 6) is 1.69. The van der Waals surface area contributed by atoms with Crippen LogP contribution in [0.25, 0.3) is 0 Å². The maximum atomic E-state index is 13.4. The fraction of sp³-hybridized carbons (Fsp3) is 0.480. The highest BCUT2D eigenvalue weighted by atomic mass is 16.5. The molecule has 8 heteroatoms. The average Bonchev–Trinajstić information content (AvgIpc) is 3.28. The number of nitrogens with zero attached hydrogens (tertiary/aromatic N) is 1. The fourth-order valence-electron chi connectivity index (χ4n) is 4.42. The van der Waals surface area contributed by atoms with Crippen LogP contribution in [0.4, 0.5) is 0 Å². The first-order chi connectivity index (χ1) is 15.9. The number of ether oxygens (including phenoxy) is 4. The normalized spacial score (nSPS) is 17.7. The summed E-state index contributed by atoms with van der Waals surface area (Å²) in [5, 5.41) is 3.18. The molecule has 1 amide bonds. The first-order valence-electron chi connectivity index (χ1n) is 11.2. The molecule has 180 valence electrons. The monoisotopic (exact) mass is 457 g/mol. The highest BCUT2D eigenvalue weighted by Crippen LogP contribution is 2.48. The van der Waals surface area contributed by atoms with Crippen molar-refractivity contribution in [3.05, 3.63) is 41.5 Å². The Labute approximate surface area is 195 Å². The number of carbonyl (C=O) groups is 1. The van der Waals surface area contributed by atoms with E-state index in [9.17, 15) is 4.79 Å². The molecule has 2 aromatic rings. The summed E-state index contributed by atoms with van der Waals surface area (Å²) in [6.07, 6.45) is 3.85. The smallest absolute Gasteiger partial charge is 0.255 e. The van der Waals surface area contributed by atoms with Crippen LogP contribution in [-0.2, 0) is 6.42 Å². The van der Waals surface area contributed by atoms with Gasteiger partial charge in [-0.15, -0.1) is 0 Å². The quantitative estimate of drug-likeness (QED) is 0.566. The second-order valence-corrected chi connectivity index (χ2v) is 8.35. The number of amides is 1. The predicted molar refractivity (Wildman–Crippen MR) is 128 cm³/mol. The van der Waals surface area contributed by atoms with E-state index in [1.54, 1.807) is 6.07 Å². The van der Waals surface area contributed by atoms with Crippen molar-refractivity contribution < 1.29 is 23.7 Å². The average molecular weight is 458 g/mol. The lowest BCUT2D eigenvalue weighted by Crippen LogP contribution is -2.46. The van der Waals surface area contributed by atoms with Gasteiger partial charge in [0.05, 0.1) is 26.9 Å². The lowest BCUT2D eigenvalue weighted by Gasteiger charge is -2.27. The predicted octanol–water partition coefficient (Wildman–Crippen LogP) is 3.22. The molecule has 1 saturated carbocycles. The molecule has 1 aliphatic carbocycles. The molecular formula is C25H35N3O5. The Balaban J connectivity index is 1.96. The number of benzene rings is 2. The van der Waals surface area contributed by atoms with E-state index >= 15 is 0 Å². The molecule has 1 fully saturated rings. The van der Waals surface area contributed by atoms with Gasteiger partial charge in [0.2, 0.25) is 11.5 Å². The molecule has 0 aliphatic heterocycles. The second kappa shape index (κ2) is 11.2. The third-order valence-corrected chi connectivity index (χ3v) is 6.06. The zero-order valence-corrected chi connectivity index (χ0v) is 20.1. The van der Waals surface area contributed by atoms with Gasteiger partial charge >= 0.3 is 0 Å². The third-order valence-electron chi connectivity index (χ3n) is 6.06. The Morgan fingerprint density at radius 2 is 1.70 bits per heavy atom. The van der Waals surface area contributed by atoms with Crippen molar-refractivity contribution in [2.75, 3.05) is 42.0 Å². The van der Waals surface area contributed by atoms with Crippen LogP contribution in [0.1, 0.15) is 35.2 Å². The standard InChI is InChI=1S/C25H35N3O5/c1-28(2)20-8-6-7-19(20)27-25(29)18-15-21(23(31-4)24(32-5)22(18)30-3)33-17-11-9-16(10-12-17)13-14-26/h9-12,15,19-20H,6-8,13-14,26H2,1-5H3,(H,27,29)/t19-,20-/m1/s1. The molecular weight excluding hydrogens is 422 g/mol. The highest BCUT2D eigenvalue weighted by Gasteiger charge is 2.32. The number of likely N-dealkylation sites (N-methyl/N-ethyl adjacent to an activating group) is 1. The van der Waals surface area contributed by atoms with Gasteiger partial charge in [0.25, 0.3) is 5.91 Å². The summed E-state index contributed by atoms with van der Waals surface area (Å²) >= 11 is 0. The van der Waals surface area contributed by atoms with E-state index in [4.69, 9.17) is 24.7 Å². The Bertz CT molecular complexity index is 946. The topological polar surface area (TPSA) is 95.3 Å². The van der Waals surface area contributed by atoms with E-state index in [0.717, 1.165) is 31.2 Å². The zero-order valence-electron chi connectivity index (χ0n) is 20.1. The Hall–Kier alpha value is -2.97. The van der Waals surface area contributed by atoms with Crippen LogP contribution in [-0.4, -0.2) is 64.9 Å². The van der Waals surface area contributed by atoms with E-state index in [1.165, 1.54) is 21.3 Å². The van der Waals surface area contributed by atoms with Crippen LogP contribution in [0.5, 0.6) is 28.7 Å². The lowest BCUT2D eigenvalue weighted by molar-refractivity contribution is 0.0915. The summed E-state index contributed by atoms with van der Waals surface area (Å²) in [7, 11) is 8.61. The van der Waals surface area contributed by atoms with Crippen molar-refractivity contribution in [1.82, 2.24) is 10.2 Å². The zero-order chi connectivity index (χ0) is 24.0. The van der Waals surface area contributed by atoms with Crippen LogP contribution in [0.3, 0.4) is 0 Å². The molecule has 0 radical (unpaired) electrons. The van der Waals surface area contributed by atoms with E-state index < -0.39 is 0 Å². The van der Waals surface area contributed by atoms with Gasteiger partial charge in [-0.1, -0.05) is 12.1 Å². The van der Waals surface area contributed by atoms with E-state index in [0.29, 0.717) is 46.9 Å². The summed E-state index contributed by atoms with van der Waals surface area (Å²) in [4.78, 5) is 15.5. The van der Waals surface area contributed by atoms with Gasteiger partial charge in [0, 0.05) is 18.2 Å². The van der Waals surface area contributed by atoms with Gasteiger partial charge in [-0.05, 0) is 64.0 Å². The van der Waals surface area contributed by atoms with Gasteiger partial charge in [0.1, 0.15) is 5.75 Å². The number of rotatable bonds is 10. The van der Waals surface area contributed by atoms with Gasteiger partial charge in [-0.2, -0.15) is 0 Å². The molecule has 2 aromatic carbocycles. The molecule has 0 aromatic heterocycles. The van der Waals surface area contributed by atoms with Crippen molar-refractivity contribution >= 4 is 5.91 Å². The van der Waals surface area contributed by atoms with Crippen molar-refractivity contribution in [1.29, 1.82) is 0 Å².